The average Bonchev–Trinajstić information content (AvgIpc) is 3.63. The maximum Gasteiger partial charge on any atom is 0.426 e. The number of methoxy groups -OCH3 is 1. The highest BCUT2D eigenvalue weighted by Gasteiger charge is 2.61. The smallest absolute Gasteiger partial charge is 0.426 e. The lowest BCUT2D eigenvalue weighted by atomic mass is 9.94. The van der Waals surface area contributed by atoms with Crippen LogP contribution < -0.4 is 5.73 Å². The topological polar surface area (TPSA) is 132 Å². The number of allylic oxidation sites excluding steroid dienone is 2. The fourth-order valence-electron chi connectivity index (χ4n) is 4.47. The van der Waals surface area contributed by atoms with Crippen molar-refractivity contribution in [3.05, 3.63) is 47.0 Å². The second-order valence-electron chi connectivity index (χ2n) is 9.52. The van der Waals surface area contributed by atoms with E-state index in [0.29, 0.717) is 31.3 Å². The average molecular weight is 607 g/mol. The molecule has 0 spiro atoms. The number of nitrogen functional groups attached to an aromatic ring is 1. The van der Waals surface area contributed by atoms with Crippen LogP contribution in [0.25, 0.3) is 11.6 Å². The number of esters is 1. The number of aromatic nitrogens is 3. The molecular formula is C26H28F6N4O6. The van der Waals surface area contributed by atoms with Crippen LogP contribution in [-0.2, 0) is 41.9 Å². The lowest BCUT2D eigenvalue weighted by Crippen LogP contribution is -2.46. The minimum absolute atomic E-state index is 0.0826. The van der Waals surface area contributed by atoms with Gasteiger partial charge in [-0.1, -0.05) is 18.2 Å². The monoisotopic (exact) mass is 606 g/mol. The third-order valence-corrected chi connectivity index (χ3v) is 6.62. The van der Waals surface area contributed by atoms with E-state index in [1.54, 1.807) is 18.2 Å². The van der Waals surface area contributed by atoms with Crippen molar-refractivity contribution < 1.29 is 54.5 Å². The fraction of sp³-hybridized carbons (Fsp3) is 0.538. The van der Waals surface area contributed by atoms with Gasteiger partial charge in [0.15, 0.2) is 12.0 Å². The first-order chi connectivity index (χ1) is 19.8. The number of rotatable bonds is 11. The van der Waals surface area contributed by atoms with E-state index in [2.05, 4.69) is 19.9 Å². The lowest BCUT2D eigenvalue weighted by molar-refractivity contribution is -0.293. The molecule has 1 atom stereocenters. The van der Waals surface area contributed by atoms with Gasteiger partial charge in [0.2, 0.25) is 5.60 Å². The predicted octanol–water partition coefficient (Wildman–Crippen LogP) is 5.04. The summed E-state index contributed by atoms with van der Waals surface area (Å²) in [5, 5.41) is 7.22. The number of carbonyl (C=O) groups is 1. The molecule has 2 aliphatic rings. The molecule has 1 aliphatic carbocycles. The van der Waals surface area contributed by atoms with Gasteiger partial charge in [0.05, 0.1) is 50.3 Å². The van der Waals surface area contributed by atoms with E-state index in [9.17, 15) is 31.1 Å². The van der Waals surface area contributed by atoms with Crippen LogP contribution in [0.4, 0.5) is 32.0 Å². The zero-order valence-corrected chi connectivity index (χ0v) is 22.4. The highest BCUT2D eigenvalue weighted by atomic mass is 19.4. The molecule has 0 bridgehead atoms. The van der Waals surface area contributed by atoms with Crippen LogP contribution >= 0.6 is 0 Å². The summed E-state index contributed by atoms with van der Waals surface area (Å²) in [4.78, 5) is 15.5. The predicted molar refractivity (Wildman–Crippen MR) is 132 cm³/mol. The van der Waals surface area contributed by atoms with E-state index in [-0.39, 0.29) is 12.8 Å². The molecule has 0 amide bonds. The number of alkyl halides is 6. The summed E-state index contributed by atoms with van der Waals surface area (Å²) in [6, 6.07) is 0.488. The number of nitrogens with two attached hydrogens (primary N) is 1. The fourth-order valence-corrected chi connectivity index (χ4v) is 4.47. The standard InChI is InChI=1S/C26H28F6N4O6/c1-38-19(37)13-18-16(25(27,28)29)12-17(33)21(34-18)22-35-36-23(42-22)24(26(30,31)32,9-5-8-20-39-10-11-40-20)41-14-15-6-3-2-4-7-15/h3,6-7,12,20H,2,4-5,8-11,13-14,33H2,1H3. The van der Waals surface area contributed by atoms with Crippen molar-refractivity contribution in [2.45, 2.75) is 62.8 Å². The van der Waals surface area contributed by atoms with Gasteiger partial charge < -0.3 is 29.1 Å². The Kier molecular flexibility index (Phi) is 9.57. The van der Waals surface area contributed by atoms with E-state index >= 15 is 0 Å². The van der Waals surface area contributed by atoms with E-state index in [0.717, 1.165) is 13.5 Å². The van der Waals surface area contributed by atoms with Crippen molar-refractivity contribution in [1.29, 1.82) is 0 Å². The molecule has 0 saturated carbocycles. The van der Waals surface area contributed by atoms with E-state index in [1.165, 1.54) is 0 Å². The number of pyridine rings is 1. The van der Waals surface area contributed by atoms with Gasteiger partial charge in [-0.05, 0) is 43.7 Å². The van der Waals surface area contributed by atoms with Gasteiger partial charge in [-0.3, -0.25) is 4.79 Å². The number of halogens is 6. The van der Waals surface area contributed by atoms with Crippen molar-refractivity contribution >= 4 is 11.7 Å². The van der Waals surface area contributed by atoms with Crippen molar-refractivity contribution in [1.82, 2.24) is 15.2 Å². The first-order valence-corrected chi connectivity index (χ1v) is 12.9. The molecule has 230 valence electrons. The number of carbonyl (C=O) groups excluding carboxylic acids is 1. The second-order valence-corrected chi connectivity index (χ2v) is 9.52. The summed E-state index contributed by atoms with van der Waals surface area (Å²) in [6.45, 7) is 0.200. The summed E-state index contributed by atoms with van der Waals surface area (Å²) in [7, 11) is 0.971. The minimum atomic E-state index is -5.07. The first kappa shape index (κ1) is 31.4. The summed E-state index contributed by atoms with van der Waals surface area (Å²) in [5.74, 6) is -2.73. The van der Waals surface area contributed by atoms with Crippen LogP contribution in [0.2, 0.25) is 0 Å². The van der Waals surface area contributed by atoms with Crippen molar-refractivity contribution in [3.8, 4) is 11.6 Å². The molecule has 42 heavy (non-hydrogen) atoms. The molecule has 1 saturated heterocycles. The van der Waals surface area contributed by atoms with Gasteiger partial charge in [0.25, 0.3) is 11.8 Å². The molecule has 0 radical (unpaired) electrons. The maximum absolute atomic E-state index is 14.9. The molecule has 16 heteroatoms. The van der Waals surface area contributed by atoms with E-state index < -0.39 is 84.1 Å². The third-order valence-electron chi connectivity index (χ3n) is 6.62. The summed E-state index contributed by atoms with van der Waals surface area (Å²) >= 11 is 0. The van der Waals surface area contributed by atoms with Gasteiger partial charge in [0.1, 0.15) is 0 Å². The first-order valence-electron chi connectivity index (χ1n) is 12.9. The quantitative estimate of drug-likeness (QED) is 0.274. The summed E-state index contributed by atoms with van der Waals surface area (Å²) in [5.41, 5.74) is -0.0640. The van der Waals surface area contributed by atoms with Crippen molar-refractivity contribution in [3.63, 3.8) is 0 Å². The number of ether oxygens (including phenoxy) is 4. The Labute approximate surface area is 235 Å². The Hall–Kier alpha value is -3.50. The molecule has 1 fully saturated rings. The van der Waals surface area contributed by atoms with Gasteiger partial charge in [-0.2, -0.15) is 26.3 Å². The van der Waals surface area contributed by atoms with E-state index in [1.807, 2.05) is 0 Å². The number of nitrogens with zero attached hydrogens (tertiary/aromatic N) is 3. The zero-order valence-electron chi connectivity index (χ0n) is 22.4. The molecule has 1 aliphatic heterocycles. The Balaban J connectivity index is 1.73. The van der Waals surface area contributed by atoms with E-state index in [4.69, 9.17) is 24.4 Å². The normalized spacial score (nSPS) is 17.7. The molecule has 0 aromatic carbocycles. The Morgan fingerprint density at radius 2 is 1.86 bits per heavy atom. The minimum Gasteiger partial charge on any atom is -0.469 e. The van der Waals surface area contributed by atoms with Gasteiger partial charge in [0, 0.05) is 0 Å². The molecule has 2 aromatic heterocycles. The largest absolute Gasteiger partial charge is 0.469 e. The number of hydrogen-bond acceptors (Lipinski definition) is 10. The second kappa shape index (κ2) is 12.8. The van der Waals surface area contributed by atoms with Crippen LogP contribution in [0.1, 0.15) is 49.3 Å². The van der Waals surface area contributed by atoms with Crippen LogP contribution in [0.3, 0.4) is 0 Å². The Morgan fingerprint density at radius 1 is 1.12 bits per heavy atom. The van der Waals surface area contributed by atoms with Gasteiger partial charge >= 0.3 is 18.3 Å². The third kappa shape index (κ3) is 7.10. The van der Waals surface area contributed by atoms with Gasteiger partial charge in [-0.25, -0.2) is 4.98 Å². The highest BCUT2D eigenvalue weighted by Crippen LogP contribution is 2.47. The Morgan fingerprint density at radius 3 is 2.48 bits per heavy atom. The van der Waals surface area contributed by atoms with Crippen LogP contribution in [0, 0.1) is 0 Å². The zero-order chi connectivity index (χ0) is 30.5. The lowest BCUT2D eigenvalue weighted by Gasteiger charge is -2.33. The van der Waals surface area contributed by atoms with Gasteiger partial charge in [-0.15, -0.1) is 10.2 Å². The molecular weight excluding hydrogens is 578 g/mol. The maximum atomic E-state index is 14.9. The molecule has 10 nitrogen and oxygen atoms in total. The van der Waals surface area contributed by atoms with Crippen LogP contribution in [0.5, 0.6) is 0 Å². The summed E-state index contributed by atoms with van der Waals surface area (Å²) in [6.07, 6.45) is -5.65. The molecule has 3 heterocycles. The molecule has 4 rings (SSSR count). The number of anilines is 1. The van der Waals surface area contributed by atoms with Crippen molar-refractivity contribution in [2.24, 2.45) is 0 Å². The molecule has 2 N–H and O–H groups in total. The van der Waals surface area contributed by atoms with Crippen LogP contribution in [0.15, 0.2) is 34.3 Å². The molecule has 2 aromatic rings. The SMILES string of the molecule is COC(=O)Cc1nc(-c2nnc(C(CCCC3OCCO3)(OCC3=CCCC=C3)C(F)(F)F)o2)c(N)cc1C(F)(F)F. The highest BCUT2D eigenvalue weighted by molar-refractivity contribution is 5.74. The summed E-state index contributed by atoms with van der Waals surface area (Å²) < 4.78 is 111. The molecule has 1 unspecified atom stereocenters. The van der Waals surface area contributed by atoms with Crippen molar-refractivity contribution in [2.75, 3.05) is 32.7 Å². The number of hydrogen-bond donors (Lipinski definition) is 1. The Bertz CT molecular complexity index is 1320. The van der Waals surface area contributed by atoms with Crippen LogP contribution in [-0.4, -0.2) is 60.5 Å².